The molecule has 3 aromatic rings. The Morgan fingerprint density at radius 2 is 1.51 bits per heavy atom. The third-order valence-corrected chi connectivity index (χ3v) is 7.73. The lowest BCUT2D eigenvalue weighted by Crippen LogP contribution is -2.48. The molecule has 0 saturated carbocycles. The van der Waals surface area contributed by atoms with E-state index < -0.39 is 17.9 Å². The Hall–Kier alpha value is -4.53. The Bertz CT molecular complexity index is 1430. The number of hydrogen-bond acceptors (Lipinski definition) is 6. The van der Waals surface area contributed by atoms with E-state index in [4.69, 9.17) is 9.47 Å². The number of ether oxygens (including phenoxy) is 2. The highest BCUT2D eigenvalue weighted by atomic mass is 16.6. The number of aliphatic carboxylic acids is 1. The molecule has 0 radical (unpaired) electrons. The van der Waals surface area contributed by atoms with Crippen LogP contribution in [0.3, 0.4) is 0 Å². The van der Waals surface area contributed by atoms with Gasteiger partial charge in [0.05, 0.1) is 6.04 Å². The highest BCUT2D eigenvalue weighted by Gasteiger charge is 2.45. The molecule has 3 aromatic carbocycles. The number of carbonyl (C=O) groups excluding carboxylic acids is 2. The molecule has 39 heavy (non-hydrogen) atoms. The average Bonchev–Trinajstić information content (AvgIpc) is 2.97. The van der Waals surface area contributed by atoms with Crippen molar-refractivity contribution in [1.82, 2.24) is 4.90 Å². The fourth-order valence-electron chi connectivity index (χ4n) is 5.77. The molecule has 0 bridgehead atoms. The number of piperazine rings is 1. The van der Waals surface area contributed by atoms with Gasteiger partial charge in [-0.15, -0.1) is 0 Å². The van der Waals surface area contributed by atoms with Crippen LogP contribution in [0.2, 0.25) is 0 Å². The number of rotatable bonds is 4. The molecular formula is C30H29N3O6. The van der Waals surface area contributed by atoms with E-state index in [1.807, 2.05) is 35.2 Å². The molecule has 9 nitrogen and oxygen atoms in total. The summed E-state index contributed by atoms with van der Waals surface area (Å²) in [5.74, 6) is -1.05. The molecule has 3 heterocycles. The SMILES string of the molecule is CC(=O)N1CCN(c2ccc(N3C(=O)c4ccccc4[C@@H](C(=O)O)[C@@H]3c3ccc4c(c3)OCCO4)cc2)CC1. The van der Waals surface area contributed by atoms with Crippen LogP contribution in [-0.4, -0.2) is 67.2 Å². The van der Waals surface area contributed by atoms with Gasteiger partial charge in [-0.2, -0.15) is 0 Å². The number of carboxylic acid groups (broad SMARTS) is 1. The quantitative estimate of drug-likeness (QED) is 0.552. The van der Waals surface area contributed by atoms with Gasteiger partial charge < -0.3 is 24.4 Å². The largest absolute Gasteiger partial charge is 0.486 e. The van der Waals surface area contributed by atoms with Crippen LogP contribution < -0.4 is 19.3 Å². The monoisotopic (exact) mass is 527 g/mol. The number of amides is 2. The van der Waals surface area contributed by atoms with Crippen LogP contribution >= 0.6 is 0 Å². The van der Waals surface area contributed by atoms with Gasteiger partial charge in [0.1, 0.15) is 19.1 Å². The summed E-state index contributed by atoms with van der Waals surface area (Å²) in [4.78, 5) is 44.1. The molecule has 9 heteroatoms. The highest BCUT2D eigenvalue weighted by molar-refractivity contribution is 6.11. The summed E-state index contributed by atoms with van der Waals surface area (Å²) in [6.07, 6.45) is 0. The van der Waals surface area contributed by atoms with Crippen molar-refractivity contribution in [1.29, 1.82) is 0 Å². The predicted molar refractivity (Wildman–Crippen MR) is 145 cm³/mol. The molecule has 0 spiro atoms. The Morgan fingerprint density at radius 3 is 2.21 bits per heavy atom. The fraction of sp³-hybridized carbons (Fsp3) is 0.300. The van der Waals surface area contributed by atoms with Crippen LogP contribution in [0.5, 0.6) is 11.5 Å². The van der Waals surface area contributed by atoms with Gasteiger partial charge in [0, 0.05) is 50.0 Å². The molecule has 3 aliphatic heterocycles. The van der Waals surface area contributed by atoms with Crippen LogP contribution in [0.15, 0.2) is 66.7 Å². The molecule has 3 aliphatic rings. The number of benzene rings is 3. The summed E-state index contributed by atoms with van der Waals surface area (Å²) in [6, 6.07) is 19.1. The van der Waals surface area contributed by atoms with Crippen molar-refractivity contribution in [2.45, 2.75) is 18.9 Å². The fourth-order valence-corrected chi connectivity index (χ4v) is 5.77. The second-order valence-electron chi connectivity index (χ2n) is 9.94. The van der Waals surface area contributed by atoms with Crippen molar-refractivity contribution in [3.05, 3.63) is 83.4 Å². The summed E-state index contributed by atoms with van der Waals surface area (Å²) >= 11 is 0. The summed E-state index contributed by atoms with van der Waals surface area (Å²) in [5, 5.41) is 10.5. The van der Waals surface area contributed by atoms with Gasteiger partial charge in [-0.1, -0.05) is 24.3 Å². The molecule has 6 rings (SSSR count). The number of hydrogen-bond donors (Lipinski definition) is 1. The lowest BCUT2D eigenvalue weighted by atomic mass is 9.79. The molecule has 200 valence electrons. The second-order valence-corrected chi connectivity index (χ2v) is 9.94. The molecule has 1 saturated heterocycles. The zero-order chi connectivity index (χ0) is 27.1. The number of nitrogens with zero attached hydrogens (tertiary/aromatic N) is 3. The van der Waals surface area contributed by atoms with Crippen molar-refractivity contribution in [3.8, 4) is 11.5 Å². The van der Waals surface area contributed by atoms with Gasteiger partial charge in [-0.25, -0.2) is 0 Å². The van der Waals surface area contributed by atoms with Crippen LogP contribution in [0.1, 0.15) is 40.4 Å². The van der Waals surface area contributed by atoms with E-state index in [2.05, 4.69) is 4.90 Å². The molecule has 1 fully saturated rings. The summed E-state index contributed by atoms with van der Waals surface area (Å²) in [5.41, 5.74) is 3.11. The Kier molecular flexibility index (Phi) is 6.34. The van der Waals surface area contributed by atoms with E-state index >= 15 is 0 Å². The number of carbonyl (C=O) groups is 3. The van der Waals surface area contributed by atoms with E-state index in [-0.39, 0.29) is 11.8 Å². The lowest BCUT2D eigenvalue weighted by molar-refractivity contribution is -0.139. The summed E-state index contributed by atoms with van der Waals surface area (Å²) in [6.45, 7) is 5.18. The van der Waals surface area contributed by atoms with Crippen molar-refractivity contribution in [3.63, 3.8) is 0 Å². The zero-order valence-electron chi connectivity index (χ0n) is 21.6. The summed E-state index contributed by atoms with van der Waals surface area (Å²) in [7, 11) is 0. The second kappa shape index (κ2) is 9.98. The van der Waals surface area contributed by atoms with Crippen molar-refractivity contribution < 1.29 is 29.0 Å². The standard InChI is InChI=1S/C30H29N3O6/c1-19(34)31-12-14-32(15-13-31)21-7-9-22(10-8-21)33-28(20-6-11-25-26(18-20)39-17-16-38-25)27(30(36)37)23-4-2-3-5-24(23)29(33)35/h2-11,18,27-28H,12-17H2,1H3,(H,36,37)/t27-,28+/m1/s1. The van der Waals surface area contributed by atoms with Gasteiger partial charge in [0.2, 0.25) is 5.91 Å². The van der Waals surface area contributed by atoms with Crippen LogP contribution in [0.4, 0.5) is 11.4 Å². The first kappa shape index (κ1) is 24.8. The Balaban J connectivity index is 1.40. The minimum absolute atomic E-state index is 0.0760. The van der Waals surface area contributed by atoms with E-state index in [0.717, 1.165) is 18.8 Å². The Morgan fingerprint density at radius 1 is 0.846 bits per heavy atom. The van der Waals surface area contributed by atoms with E-state index in [9.17, 15) is 19.5 Å². The number of carboxylic acids is 1. The van der Waals surface area contributed by atoms with Gasteiger partial charge in [-0.05, 0) is 53.6 Å². The summed E-state index contributed by atoms with van der Waals surface area (Å²) < 4.78 is 11.5. The van der Waals surface area contributed by atoms with E-state index in [1.165, 1.54) is 0 Å². The molecule has 2 atom stereocenters. The maximum absolute atomic E-state index is 14.0. The molecular weight excluding hydrogens is 498 g/mol. The van der Waals surface area contributed by atoms with Crippen LogP contribution in [0, 0.1) is 0 Å². The number of anilines is 2. The van der Waals surface area contributed by atoms with Crippen molar-refractivity contribution in [2.75, 3.05) is 49.2 Å². The highest BCUT2D eigenvalue weighted by Crippen LogP contribution is 2.47. The third kappa shape index (κ3) is 4.43. The molecule has 0 aromatic heterocycles. The van der Waals surface area contributed by atoms with Gasteiger partial charge in [-0.3, -0.25) is 19.3 Å². The smallest absolute Gasteiger partial charge is 0.313 e. The topological polar surface area (TPSA) is 99.6 Å². The van der Waals surface area contributed by atoms with Crippen LogP contribution in [-0.2, 0) is 9.59 Å². The van der Waals surface area contributed by atoms with Crippen molar-refractivity contribution >= 4 is 29.2 Å². The maximum atomic E-state index is 14.0. The van der Waals surface area contributed by atoms with E-state index in [1.54, 1.807) is 48.2 Å². The zero-order valence-corrected chi connectivity index (χ0v) is 21.6. The minimum Gasteiger partial charge on any atom is -0.486 e. The first-order valence-electron chi connectivity index (χ1n) is 13.1. The first-order valence-corrected chi connectivity index (χ1v) is 13.1. The molecule has 0 unspecified atom stereocenters. The normalized spacial score (nSPS) is 20.4. The van der Waals surface area contributed by atoms with Crippen LogP contribution in [0.25, 0.3) is 0 Å². The first-order chi connectivity index (χ1) is 18.9. The molecule has 1 N–H and O–H groups in total. The third-order valence-electron chi connectivity index (χ3n) is 7.73. The molecule has 2 amide bonds. The van der Waals surface area contributed by atoms with Crippen molar-refractivity contribution in [2.24, 2.45) is 0 Å². The predicted octanol–water partition coefficient (Wildman–Crippen LogP) is 3.70. The number of fused-ring (bicyclic) bond motifs is 2. The van der Waals surface area contributed by atoms with Gasteiger partial charge >= 0.3 is 5.97 Å². The van der Waals surface area contributed by atoms with Gasteiger partial charge in [0.15, 0.2) is 11.5 Å². The lowest BCUT2D eigenvalue weighted by Gasteiger charge is -2.41. The average molecular weight is 528 g/mol. The Labute approximate surface area is 226 Å². The maximum Gasteiger partial charge on any atom is 0.313 e. The van der Waals surface area contributed by atoms with Gasteiger partial charge in [0.25, 0.3) is 5.91 Å². The minimum atomic E-state index is -1.01. The van der Waals surface area contributed by atoms with E-state index in [0.29, 0.717) is 60.2 Å². The molecule has 0 aliphatic carbocycles.